The van der Waals surface area contributed by atoms with Crippen LogP contribution in [0.5, 0.6) is 0 Å². The molecule has 0 aliphatic heterocycles. The van der Waals surface area contributed by atoms with Crippen LogP contribution in [-0.4, -0.2) is 36.9 Å². The molecule has 0 aromatic heterocycles. The number of rotatable bonds is 18. The van der Waals surface area contributed by atoms with E-state index in [9.17, 15) is 9.59 Å². The van der Waals surface area contributed by atoms with Crippen LogP contribution in [-0.2, 0) is 25.5 Å². The molecule has 3 aliphatic rings. The van der Waals surface area contributed by atoms with Crippen LogP contribution in [0.3, 0.4) is 0 Å². The first-order chi connectivity index (χ1) is 23.3. The third-order valence-electron chi connectivity index (χ3n) is 12.4. The van der Waals surface area contributed by atoms with Crippen molar-refractivity contribution in [1.82, 2.24) is 0 Å². The molecule has 5 heteroatoms. The van der Waals surface area contributed by atoms with Crippen molar-refractivity contribution in [2.75, 3.05) is 19.8 Å². The summed E-state index contributed by atoms with van der Waals surface area (Å²) in [6.07, 6.45) is 24.6. The van der Waals surface area contributed by atoms with E-state index in [4.69, 9.17) is 14.6 Å². The Morgan fingerprint density at radius 2 is 1.40 bits per heavy atom. The third-order valence-corrected chi connectivity index (χ3v) is 12.4. The molecule has 5 nitrogen and oxygen atoms in total. The van der Waals surface area contributed by atoms with Crippen molar-refractivity contribution >= 4 is 11.9 Å². The molecule has 1 N–H and O–H groups in total. The average Bonchev–Trinajstić information content (AvgIpc) is 3.12. The molecule has 0 heterocycles. The highest BCUT2D eigenvalue weighted by atomic mass is 16.5. The van der Waals surface area contributed by atoms with Crippen LogP contribution in [0.1, 0.15) is 146 Å². The van der Waals surface area contributed by atoms with Gasteiger partial charge in [-0.3, -0.25) is 0 Å². The summed E-state index contributed by atoms with van der Waals surface area (Å²) >= 11 is 0. The fraction of sp³-hybridized carbons (Fsp3) is 0.721. The molecule has 48 heavy (non-hydrogen) atoms. The smallest absolute Gasteiger partial charge is 0.335 e. The van der Waals surface area contributed by atoms with E-state index in [1.807, 2.05) is 0 Å². The quantitative estimate of drug-likeness (QED) is 0.0962. The van der Waals surface area contributed by atoms with Crippen molar-refractivity contribution in [2.24, 2.45) is 35.5 Å². The fourth-order valence-electron chi connectivity index (χ4n) is 9.06. The lowest BCUT2D eigenvalue weighted by Gasteiger charge is -2.39. The Labute approximate surface area is 292 Å². The SMILES string of the molecule is C=C(C)C(=O)OCC(CCOC(=O)C(=C)CO)C1CCC(C2CCC(CCc3ccc(C4CCC(CCCCC)CC4)cc3)CC2)CC1. The number of unbranched alkanes of at least 4 members (excludes halogenated alkanes) is 2. The average molecular weight is 663 g/mol. The lowest BCUT2D eigenvalue weighted by Crippen LogP contribution is -2.31. The van der Waals surface area contributed by atoms with Crippen molar-refractivity contribution in [3.8, 4) is 0 Å². The first kappa shape index (κ1) is 38.4. The molecule has 3 aliphatic carbocycles. The molecule has 4 rings (SSSR count). The standard InChI is InChI=1S/C43H66O5/c1-5-6-7-8-33-11-17-36(18-12-33)37-19-13-34(14-20-37)9-10-35-15-21-38(22-16-35)39-23-25-40(26-24-39)41(30-48-42(45)31(2)3)27-28-47-43(46)32(4)29-44/h13-14,19-20,33,35-36,38-41,44H,2,4-12,15-18,21-30H2,1,3H3. The molecule has 1 aromatic carbocycles. The Balaban J connectivity index is 1.15. The van der Waals surface area contributed by atoms with Crippen LogP contribution < -0.4 is 0 Å². The summed E-state index contributed by atoms with van der Waals surface area (Å²) in [4.78, 5) is 24.1. The van der Waals surface area contributed by atoms with Crippen molar-refractivity contribution in [3.63, 3.8) is 0 Å². The van der Waals surface area contributed by atoms with Gasteiger partial charge < -0.3 is 14.6 Å². The Morgan fingerprint density at radius 3 is 2.00 bits per heavy atom. The summed E-state index contributed by atoms with van der Waals surface area (Å²) in [6.45, 7) is 11.4. The van der Waals surface area contributed by atoms with Crippen molar-refractivity contribution in [1.29, 1.82) is 0 Å². The number of esters is 2. The molecule has 1 aromatic rings. The number of aliphatic hydroxyl groups is 1. The van der Waals surface area contributed by atoms with Crippen LogP contribution in [0, 0.1) is 35.5 Å². The van der Waals surface area contributed by atoms with Crippen LogP contribution in [0.2, 0.25) is 0 Å². The highest BCUT2D eigenvalue weighted by molar-refractivity contribution is 5.88. The molecule has 268 valence electrons. The number of benzene rings is 1. The number of hydrogen-bond donors (Lipinski definition) is 1. The number of ether oxygens (including phenoxy) is 2. The van der Waals surface area contributed by atoms with E-state index in [1.165, 1.54) is 108 Å². The lowest BCUT2D eigenvalue weighted by atomic mass is 9.67. The van der Waals surface area contributed by atoms with Gasteiger partial charge >= 0.3 is 11.9 Å². The summed E-state index contributed by atoms with van der Waals surface area (Å²) in [7, 11) is 0. The molecule has 0 spiro atoms. The second-order valence-electron chi connectivity index (χ2n) is 15.8. The molecular formula is C43H66O5. The van der Waals surface area contributed by atoms with Crippen LogP contribution in [0.25, 0.3) is 0 Å². The van der Waals surface area contributed by atoms with Crippen LogP contribution in [0.4, 0.5) is 0 Å². The van der Waals surface area contributed by atoms with Crippen molar-refractivity contribution in [3.05, 3.63) is 59.7 Å². The van der Waals surface area contributed by atoms with Gasteiger partial charge in [0, 0.05) is 5.57 Å². The highest BCUT2D eigenvalue weighted by Crippen LogP contribution is 2.44. The largest absolute Gasteiger partial charge is 0.462 e. The van der Waals surface area contributed by atoms with E-state index in [-0.39, 0.29) is 24.1 Å². The fourth-order valence-corrected chi connectivity index (χ4v) is 9.06. The Morgan fingerprint density at radius 1 is 0.792 bits per heavy atom. The summed E-state index contributed by atoms with van der Waals surface area (Å²) in [6, 6.07) is 9.74. The molecule has 1 atom stereocenters. The van der Waals surface area contributed by atoms with E-state index in [2.05, 4.69) is 44.3 Å². The minimum atomic E-state index is -0.562. The van der Waals surface area contributed by atoms with Gasteiger partial charge in [0.2, 0.25) is 0 Å². The van der Waals surface area contributed by atoms with Gasteiger partial charge in [-0.15, -0.1) is 0 Å². The molecule has 0 amide bonds. The second kappa shape index (κ2) is 20.3. The molecule has 3 saturated carbocycles. The van der Waals surface area contributed by atoms with E-state index in [0.717, 1.165) is 42.4 Å². The van der Waals surface area contributed by atoms with E-state index in [0.29, 0.717) is 24.5 Å². The highest BCUT2D eigenvalue weighted by Gasteiger charge is 2.34. The van der Waals surface area contributed by atoms with E-state index >= 15 is 0 Å². The second-order valence-corrected chi connectivity index (χ2v) is 15.8. The number of hydrogen-bond acceptors (Lipinski definition) is 5. The summed E-state index contributed by atoms with van der Waals surface area (Å²) < 4.78 is 10.9. The van der Waals surface area contributed by atoms with Gasteiger partial charge in [-0.05, 0) is 143 Å². The Kier molecular flexibility index (Phi) is 16.3. The number of carbonyl (C=O) groups is 2. The van der Waals surface area contributed by atoms with Gasteiger partial charge in [0.1, 0.15) is 0 Å². The van der Waals surface area contributed by atoms with Crippen molar-refractivity contribution in [2.45, 2.75) is 142 Å². The minimum absolute atomic E-state index is 0.0601. The van der Waals surface area contributed by atoms with Gasteiger partial charge in [0.05, 0.1) is 25.4 Å². The van der Waals surface area contributed by atoms with Gasteiger partial charge in [-0.1, -0.05) is 82.9 Å². The Bertz CT molecular complexity index is 1130. The molecule has 0 radical (unpaired) electrons. The zero-order valence-electron chi connectivity index (χ0n) is 30.4. The van der Waals surface area contributed by atoms with Gasteiger partial charge in [-0.2, -0.15) is 0 Å². The summed E-state index contributed by atoms with van der Waals surface area (Å²) in [5.41, 5.74) is 3.55. The van der Waals surface area contributed by atoms with Crippen molar-refractivity contribution < 1.29 is 24.2 Å². The maximum atomic E-state index is 12.1. The van der Waals surface area contributed by atoms with Crippen LogP contribution >= 0.6 is 0 Å². The number of aliphatic hydroxyl groups excluding tert-OH is 1. The molecule has 3 fully saturated rings. The topological polar surface area (TPSA) is 72.8 Å². The monoisotopic (exact) mass is 662 g/mol. The zero-order chi connectivity index (χ0) is 34.3. The van der Waals surface area contributed by atoms with Gasteiger partial charge in [-0.25, -0.2) is 9.59 Å². The third kappa shape index (κ3) is 12.2. The molecule has 0 bridgehead atoms. The normalized spacial score (nSPS) is 26.7. The lowest BCUT2D eigenvalue weighted by molar-refractivity contribution is -0.144. The predicted octanol–water partition coefficient (Wildman–Crippen LogP) is 10.3. The molecule has 1 unspecified atom stereocenters. The number of aryl methyl sites for hydroxylation is 1. The minimum Gasteiger partial charge on any atom is -0.462 e. The number of carbonyl (C=O) groups excluding carboxylic acids is 2. The molecule has 0 saturated heterocycles. The van der Waals surface area contributed by atoms with Gasteiger partial charge in [0.15, 0.2) is 0 Å². The maximum absolute atomic E-state index is 12.1. The maximum Gasteiger partial charge on any atom is 0.335 e. The first-order valence-electron chi connectivity index (χ1n) is 19.6. The summed E-state index contributed by atoms with van der Waals surface area (Å²) in [5, 5.41) is 9.14. The van der Waals surface area contributed by atoms with Gasteiger partial charge in [0.25, 0.3) is 0 Å². The van der Waals surface area contributed by atoms with E-state index < -0.39 is 12.6 Å². The predicted molar refractivity (Wildman–Crippen MR) is 196 cm³/mol. The summed E-state index contributed by atoms with van der Waals surface area (Å²) in [5.74, 6) is 3.92. The zero-order valence-corrected chi connectivity index (χ0v) is 30.4. The van der Waals surface area contributed by atoms with E-state index in [1.54, 1.807) is 12.5 Å². The van der Waals surface area contributed by atoms with Crippen LogP contribution in [0.15, 0.2) is 48.6 Å². The first-order valence-corrected chi connectivity index (χ1v) is 19.6. The molecular weight excluding hydrogens is 596 g/mol. The Hall–Kier alpha value is -2.40.